The first-order valence-corrected chi connectivity index (χ1v) is 8.31. The van der Waals surface area contributed by atoms with Crippen molar-refractivity contribution in [3.8, 4) is 5.75 Å². The Balaban J connectivity index is 1.74. The number of ether oxygens (including phenoxy) is 1. The standard InChI is InChI=1S/C16H12ClF5N4O3/c17-9-5-8(1-2-10(9)18)29-7-25-4-3-11(23-25)14(27)26-16(28,15(21)22)6-12(24-26)13(19)20/h1-5,13,15,28H,6-7H2/t16-/m1/s1. The predicted octanol–water partition coefficient (Wildman–Crippen LogP) is 3.13. The fraction of sp³-hybridized carbons (Fsp3) is 0.312. The van der Waals surface area contributed by atoms with Gasteiger partial charge in [0.15, 0.2) is 12.4 Å². The number of hydrogen-bond donors (Lipinski definition) is 1. The lowest BCUT2D eigenvalue weighted by molar-refractivity contribution is -0.164. The Kier molecular flexibility index (Phi) is 5.75. The number of aromatic nitrogens is 2. The third-order valence-electron chi connectivity index (χ3n) is 3.94. The summed E-state index contributed by atoms with van der Waals surface area (Å²) in [5.41, 5.74) is -4.69. The maximum atomic E-state index is 13.2. The zero-order chi connectivity index (χ0) is 21.3. The van der Waals surface area contributed by atoms with Crippen molar-refractivity contribution in [1.82, 2.24) is 14.8 Å². The molecule has 1 aliphatic rings. The van der Waals surface area contributed by atoms with Crippen molar-refractivity contribution in [2.24, 2.45) is 5.10 Å². The van der Waals surface area contributed by atoms with E-state index in [1.807, 2.05) is 0 Å². The lowest BCUT2D eigenvalue weighted by atomic mass is 10.1. The Morgan fingerprint density at radius 1 is 1.31 bits per heavy atom. The van der Waals surface area contributed by atoms with Crippen molar-refractivity contribution in [3.05, 3.63) is 47.0 Å². The van der Waals surface area contributed by atoms with Gasteiger partial charge in [0.05, 0.1) is 5.02 Å². The number of alkyl halides is 4. The van der Waals surface area contributed by atoms with Crippen LogP contribution >= 0.6 is 11.6 Å². The first-order valence-electron chi connectivity index (χ1n) is 7.93. The number of hydrazone groups is 1. The van der Waals surface area contributed by atoms with Gasteiger partial charge in [-0.25, -0.2) is 26.6 Å². The molecule has 1 aromatic carbocycles. The van der Waals surface area contributed by atoms with E-state index in [0.29, 0.717) is 0 Å². The molecule has 1 aliphatic heterocycles. The first kappa shape index (κ1) is 21.0. The highest BCUT2D eigenvalue weighted by atomic mass is 35.5. The second-order valence-electron chi connectivity index (χ2n) is 5.95. The van der Waals surface area contributed by atoms with E-state index in [2.05, 4.69) is 10.2 Å². The number of halogens is 6. The Bertz CT molecular complexity index is 954. The summed E-state index contributed by atoms with van der Waals surface area (Å²) in [7, 11) is 0. The molecule has 7 nitrogen and oxygen atoms in total. The molecule has 1 amide bonds. The first-order chi connectivity index (χ1) is 13.6. The summed E-state index contributed by atoms with van der Waals surface area (Å²) in [6.07, 6.45) is -6.71. The van der Waals surface area contributed by atoms with Crippen LogP contribution in [0.3, 0.4) is 0 Å². The highest BCUT2D eigenvalue weighted by molar-refractivity contribution is 6.30. The maximum Gasteiger partial charge on any atom is 0.297 e. The molecule has 0 saturated heterocycles. The quantitative estimate of drug-likeness (QED) is 0.703. The summed E-state index contributed by atoms with van der Waals surface area (Å²) in [5, 5.41) is 16.7. The molecule has 2 heterocycles. The summed E-state index contributed by atoms with van der Waals surface area (Å²) < 4.78 is 71.6. The minimum atomic E-state index is -3.54. The van der Waals surface area contributed by atoms with Gasteiger partial charge in [-0.1, -0.05) is 11.6 Å². The van der Waals surface area contributed by atoms with E-state index in [1.54, 1.807) is 0 Å². The summed E-state index contributed by atoms with van der Waals surface area (Å²) in [6.45, 7) is -0.264. The number of amides is 1. The fourth-order valence-electron chi connectivity index (χ4n) is 2.47. The van der Waals surface area contributed by atoms with Crippen LogP contribution in [0.5, 0.6) is 5.75 Å². The van der Waals surface area contributed by atoms with Crippen molar-refractivity contribution >= 4 is 23.2 Å². The molecule has 0 spiro atoms. The number of rotatable bonds is 6. The van der Waals surface area contributed by atoms with Gasteiger partial charge in [0, 0.05) is 18.7 Å². The van der Waals surface area contributed by atoms with E-state index >= 15 is 0 Å². The molecule has 29 heavy (non-hydrogen) atoms. The van der Waals surface area contributed by atoms with Gasteiger partial charge in [0.25, 0.3) is 18.8 Å². The minimum absolute atomic E-state index is 0.0908. The van der Waals surface area contributed by atoms with Crippen molar-refractivity contribution in [1.29, 1.82) is 0 Å². The molecule has 0 bridgehead atoms. The van der Waals surface area contributed by atoms with E-state index in [0.717, 1.165) is 16.8 Å². The smallest absolute Gasteiger partial charge is 0.297 e. The van der Waals surface area contributed by atoms with Crippen molar-refractivity contribution in [2.75, 3.05) is 0 Å². The second-order valence-corrected chi connectivity index (χ2v) is 6.36. The van der Waals surface area contributed by atoms with Crippen LogP contribution in [0.1, 0.15) is 16.9 Å². The average molecular weight is 439 g/mol. The third kappa shape index (κ3) is 4.17. The molecule has 0 aliphatic carbocycles. The normalized spacial score (nSPS) is 19.2. The number of carbonyl (C=O) groups excluding carboxylic acids is 1. The summed E-state index contributed by atoms with van der Waals surface area (Å²) in [5.74, 6) is -1.75. The Morgan fingerprint density at radius 2 is 2.03 bits per heavy atom. The van der Waals surface area contributed by atoms with Crippen LogP contribution < -0.4 is 4.74 Å². The van der Waals surface area contributed by atoms with Gasteiger partial charge in [-0.15, -0.1) is 0 Å². The topological polar surface area (TPSA) is 80.0 Å². The number of nitrogens with zero attached hydrogens (tertiary/aromatic N) is 4. The van der Waals surface area contributed by atoms with Gasteiger partial charge in [-0.05, 0) is 18.2 Å². The highest BCUT2D eigenvalue weighted by Gasteiger charge is 2.53. The summed E-state index contributed by atoms with van der Waals surface area (Å²) in [4.78, 5) is 12.4. The molecule has 0 fully saturated rings. The Hall–Kier alpha value is -2.73. The molecular formula is C16H12ClF5N4O3. The largest absolute Gasteiger partial charge is 0.471 e. The second kappa shape index (κ2) is 7.95. The van der Waals surface area contributed by atoms with E-state index in [-0.39, 0.29) is 22.5 Å². The average Bonchev–Trinajstić information content (AvgIpc) is 3.28. The van der Waals surface area contributed by atoms with E-state index < -0.39 is 48.1 Å². The molecular weight excluding hydrogens is 427 g/mol. The minimum Gasteiger partial charge on any atom is -0.471 e. The zero-order valence-corrected chi connectivity index (χ0v) is 15.0. The highest BCUT2D eigenvalue weighted by Crippen LogP contribution is 2.34. The Labute approximate surface area is 164 Å². The van der Waals surface area contributed by atoms with Crippen LogP contribution in [0.2, 0.25) is 5.02 Å². The zero-order valence-electron chi connectivity index (χ0n) is 14.3. The molecule has 1 atom stereocenters. The van der Waals surface area contributed by atoms with Gasteiger partial charge in [0.1, 0.15) is 17.3 Å². The van der Waals surface area contributed by atoms with Gasteiger partial charge >= 0.3 is 0 Å². The molecule has 0 radical (unpaired) electrons. The van der Waals surface area contributed by atoms with E-state index in [4.69, 9.17) is 16.3 Å². The van der Waals surface area contributed by atoms with Crippen molar-refractivity contribution in [3.63, 3.8) is 0 Å². The lowest BCUT2D eigenvalue weighted by Crippen LogP contribution is -2.51. The maximum absolute atomic E-state index is 13.2. The third-order valence-corrected chi connectivity index (χ3v) is 4.23. The van der Waals surface area contributed by atoms with Gasteiger partial charge in [-0.2, -0.15) is 15.2 Å². The molecule has 3 rings (SSSR count). The predicted molar refractivity (Wildman–Crippen MR) is 89.4 cm³/mol. The number of hydrogen-bond acceptors (Lipinski definition) is 5. The summed E-state index contributed by atoms with van der Waals surface area (Å²) >= 11 is 5.62. The Morgan fingerprint density at radius 3 is 2.66 bits per heavy atom. The molecule has 2 aromatic rings. The lowest BCUT2D eigenvalue weighted by Gasteiger charge is -2.29. The van der Waals surface area contributed by atoms with Gasteiger partial charge in [0.2, 0.25) is 5.72 Å². The molecule has 13 heteroatoms. The van der Waals surface area contributed by atoms with Crippen LogP contribution in [0.15, 0.2) is 35.6 Å². The van der Waals surface area contributed by atoms with Crippen LogP contribution in [-0.2, 0) is 6.73 Å². The molecule has 1 aromatic heterocycles. The van der Waals surface area contributed by atoms with Crippen molar-refractivity contribution < 1.29 is 36.6 Å². The van der Waals surface area contributed by atoms with E-state index in [1.165, 1.54) is 18.3 Å². The van der Waals surface area contributed by atoms with Gasteiger partial charge in [-0.3, -0.25) is 4.79 Å². The van der Waals surface area contributed by atoms with Crippen LogP contribution in [0, 0.1) is 5.82 Å². The number of carbonyl (C=O) groups is 1. The molecule has 156 valence electrons. The summed E-state index contributed by atoms with van der Waals surface area (Å²) in [6, 6.07) is 4.68. The number of aliphatic hydroxyl groups is 1. The van der Waals surface area contributed by atoms with Gasteiger partial charge < -0.3 is 9.84 Å². The fourth-order valence-corrected chi connectivity index (χ4v) is 2.64. The molecule has 1 N–H and O–H groups in total. The van der Waals surface area contributed by atoms with Crippen LogP contribution in [0.4, 0.5) is 22.0 Å². The van der Waals surface area contributed by atoms with Crippen molar-refractivity contribution in [2.45, 2.75) is 31.7 Å². The SMILES string of the molecule is O=C(c1ccn(COc2ccc(F)c(Cl)c2)n1)N1N=C(C(F)F)C[C@@]1(O)C(F)F. The number of benzene rings is 1. The van der Waals surface area contributed by atoms with Crippen LogP contribution in [0.25, 0.3) is 0 Å². The van der Waals surface area contributed by atoms with Crippen LogP contribution in [-0.4, -0.2) is 50.1 Å². The molecule has 0 unspecified atom stereocenters. The monoisotopic (exact) mass is 438 g/mol. The molecule has 0 saturated carbocycles. The van der Waals surface area contributed by atoms with E-state index in [9.17, 15) is 31.9 Å².